The predicted molar refractivity (Wildman–Crippen MR) is 141 cm³/mol. The lowest BCUT2D eigenvalue weighted by molar-refractivity contribution is -0.133. The molecular formula is C27H31ClFN5O3. The van der Waals surface area contributed by atoms with Crippen LogP contribution in [0, 0.1) is 11.7 Å². The van der Waals surface area contributed by atoms with Crippen molar-refractivity contribution in [3.05, 3.63) is 47.5 Å². The fourth-order valence-corrected chi connectivity index (χ4v) is 5.10. The highest BCUT2D eigenvalue weighted by Gasteiger charge is 2.25. The van der Waals surface area contributed by atoms with Gasteiger partial charge in [-0.15, -0.1) is 0 Å². The number of benzene rings is 2. The summed E-state index contributed by atoms with van der Waals surface area (Å²) in [6.07, 6.45) is 5.62. The molecule has 0 aliphatic carbocycles. The Balaban J connectivity index is 1.22. The minimum absolute atomic E-state index is 0.236. The van der Waals surface area contributed by atoms with E-state index in [1.807, 2.05) is 11.0 Å². The summed E-state index contributed by atoms with van der Waals surface area (Å²) < 4.78 is 26.1. The quantitative estimate of drug-likeness (QED) is 0.447. The van der Waals surface area contributed by atoms with Gasteiger partial charge in [-0.2, -0.15) is 0 Å². The van der Waals surface area contributed by atoms with Crippen molar-refractivity contribution < 1.29 is 18.7 Å². The van der Waals surface area contributed by atoms with Crippen molar-refractivity contribution in [3.63, 3.8) is 0 Å². The molecule has 1 amide bonds. The van der Waals surface area contributed by atoms with E-state index in [2.05, 4.69) is 20.2 Å². The van der Waals surface area contributed by atoms with E-state index in [4.69, 9.17) is 21.1 Å². The number of aromatic nitrogens is 2. The van der Waals surface area contributed by atoms with Crippen LogP contribution in [-0.4, -0.2) is 72.1 Å². The van der Waals surface area contributed by atoms with Crippen molar-refractivity contribution in [3.8, 4) is 11.5 Å². The zero-order valence-corrected chi connectivity index (χ0v) is 21.6. The van der Waals surface area contributed by atoms with E-state index in [0.717, 1.165) is 39.0 Å². The summed E-state index contributed by atoms with van der Waals surface area (Å²) >= 11 is 5.87. The molecule has 196 valence electrons. The third kappa shape index (κ3) is 6.05. The van der Waals surface area contributed by atoms with Crippen molar-refractivity contribution in [2.45, 2.75) is 25.7 Å². The highest BCUT2D eigenvalue weighted by Crippen LogP contribution is 2.36. The third-order valence-electron chi connectivity index (χ3n) is 7.10. The third-order valence-corrected chi connectivity index (χ3v) is 7.34. The van der Waals surface area contributed by atoms with E-state index in [0.29, 0.717) is 52.3 Å². The van der Waals surface area contributed by atoms with Gasteiger partial charge in [0, 0.05) is 29.6 Å². The average Bonchev–Trinajstić information content (AvgIpc) is 3.42. The van der Waals surface area contributed by atoms with Gasteiger partial charge in [-0.05, 0) is 69.0 Å². The Morgan fingerprint density at radius 2 is 1.89 bits per heavy atom. The first-order valence-corrected chi connectivity index (χ1v) is 13.1. The first-order valence-electron chi connectivity index (χ1n) is 12.7. The van der Waals surface area contributed by atoms with Crippen molar-refractivity contribution in [1.82, 2.24) is 19.8 Å². The zero-order valence-electron chi connectivity index (χ0n) is 20.9. The number of fused-ring (bicyclic) bond motifs is 1. The highest BCUT2D eigenvalue weighted by molar-refractivity contribution is 6.30. The lowest BCUT2D eigenvalue weighted by Crippen LogP contribution is -2.44. The number of methoxy groups -OCH3 is 1. The second-order valence-corrected chi connectivity index (χ2v) is 10.0. The molecule has 0 bridgehead atoms. The molecule has 2 aliphatic heterocycles. The Bertz CT molecular complexity index is 1260. The number of likely N-dealkylation sites (tertiary alicyclic amines) is 2. The number of anilines is 2. The first-order chi connectivity index (χ1) is 18.0. The number of nitrogens with zero attached hydrogens (tertiary/aromatic N) is 4. The summed E-state index contributed by atoms with van der Waals surface area (Å²) in [5.74, 6) is 1.69. The molecule has 1 aromatic heterocycles. The minimum atomic E-state index is -0.477. The summed E-state index contributed by atoms with van der Waals surface area (Å²) in [5, 5.41) is 4.01. The molecule has 0 atom stereocenters. The number of rotatable bonds is 8. The topological polar surface area (TPSA) is 79.8 Å². The molecule has 1 N–H and O–H groups in total. The van der Waals surface area contributed by atoms with Crippen LogP contribution in [-0.2, 0) is 4.79 Å². The van der Waals surface area contributed by atoms with Crippen molar-refractivity contribution in [2.75, 3.05) is 51.8 Å². The normalized spacial score (nSPS) is 16.8. The molecule has 2 saturated heterocycles. The fraction of sp³-hybridized carbons (Fsp3) is 0.444. The molecule has 0 unspecified atom stereocenters. The monoisotopic (exact) mass is 527 g/mol. The Morgan fingerprint density at radius 1 is 1.11 bits per heavy atom. The summed E-state index contributed by atoms with van der Waals surface area (Å²) in [6, 6.07) is 8.02. The van der Waals surface area contributed by atoms with Crippen LogP contribution in [0.25, 0.3) is 10.9 Å². The Hall–Kier alpha value is -3.17. The second kappa shape index (κ2) is 11.5. The summed E-state index contributed by atoms with van der Waals surface area (Å²) in [7, 11) is 1.58. The van der Waals surface area contributed by atoms with Gasteiger partial charge in [0.25, 0.3) is 0 Å². The van der Waals surface area contributed by atoms with Crippen LogP contribution in [0.15, 0.2) is 36.7 Å². The smallest absolute Gasteiger partial charge is 0.236 e. The largest absolute Gasteiger partial charge is 0.493 e. The predicted octanol–water partition coefficient (Wildman–Crippen LogP) is 4.89. The molecule has 2 aromatic carbocycles. The molecule has 3 aromatic rings. The molecule has 0 radical (unpaired) electrons. The number of hydrogen-bond acceptors (Lipinski definition) is 7. The van der Waals surface area contributed by atoms with Crippen LogP contribution in [0.3, 0.4) is 0 Å². The first kappa shape index (κ1) is 25.5. The molecule has 8 nitrogen and oxygen atoms in total. The molecule has 0 saturated carbocycles. The number of piperidine rings is 1. The van der Waals surface area contributed by atoms with Crippen LogP contribution in [0.2, 0.25) is 5.02 Å². The van der Waals surface area contributed by atoms with Gasteiger partial charge in [-0.3, -0.25) is 9.69 Å². The van der Waals surface area contributed by atoms with Crippen LogP contribution in [0.4, 0.5) is 15.9 Å². The van der Waals surface area contributed by atoms with Gasteiger partial charge in [0.15, 0.2) is 11.5 Å². The van der Waals surface area contributed by atoms with Crippen LogP contribution in [0.1, 0.15) is 25.7 Å². The van der Waals surface area contributed by atoms with E-state index >= 15 is 0 Å². The average molecular weight is 528 g/mol. The number of amides is 1. The van der Waals surface area contributed by atoms with E-state index in [-0.39, 0.29) is 11.6 Å². The highest BCUT2D eigenvalue weighted by atomic mass is 35.5. The zero-order chi connectivity index (χ0) is 25.8. The van der Waals surface area contributed by atoms with E-state index in [1.165, 1.54) is 25.2 Å². The Morgan fingerprint density at radius 3 is 2.62 bits per heavy atom. The van der Waals surface area contributed by atoms with Gasteiger partial charge >= 0.3 is 0 Å². The minimum Gasteiger partial charge on any atom is -0.493 e. The van der Waals surface area contributed by atoms with Crippen LogP contribution >= 0.6 is 11.6 Å². The molecule has 0 spiro atoms. The number of nitrogens with one attached hydrogen (secondary N) is 1. The molecule has 10 heteroatoms. The standard InChI is InChI=1S/C27H31ClFN5O3/c1-36-24-13-20-23(30-17-31-27(20)32-22-5-4-19(28)12-21(22)29)14-25(24)37-16-18-6-10-34(11-7-18)26(35)15-33-8-2-3-9-33/h4-5,12-14,17-18H,2-3,6-11,15-16H2,1H3,(H,30,31,32). The fourth-order valence-electron chi connectivity index (χ4n) is 4.94. The maximum Gasteiger partial charge on any atom is 0.236 e. The lowest BCUT2D eigenvalue weighted by Gasteiger charge is -2.33. The van der Waals surface area contributed by atoms with Crippen molar-refractivity contribution in [2.24, 2.45) is 5.92 Å². The summed E-state index contributed by atoms with van der Waals surface area (Å²) in [5.41, 5.74) is 0.902. The maximum atomic E-state index is 14.3. The van der Waals surface area contributed by atoms with E-state index in [9.17, 15) is 9.18 Å². The molecule has 3 heterocycles. The van der Waals surface area contributed by atoms with Gasteiger partial charge < -0.3 is 19.7 Å². The number of carbonyl (C=O) groups excluding carboxylic acids is 1. The van der Waals surface area contributed by atoms with E-state index in [1.54, 1.807) is 25.3 Å². The Kier molecular flexibility index (Phi) is 7.90. The lowest BCUT2D eigenvalue weighted by atomic mass is 9.97. The SMILES string of the molecule is COc1cc2c(Nc3ccc(Cl)cc3F)ncnc2cc1OCC1CCN(C(=O)CN2CCCC2)CC1. The molecule has 2 aliphatic rings. The van der Waals surface area contributed by atoms with E-state index < -0.39 is 5.82 Å². The van der Waals surface area contributed by atoms with Crippen LogP contribution in [0.5, 0.6) is 11.5 Å². The maximum absolute atomic E-state index is 14.3. The van der Waals surface area contributed by atoms with Gasteiger partial charge in [-0.25, -0.2) is 14.4 Å². The molecule has 37 heavy (non-hydrogen) atoms. The molecule has 5 rings (SSSR count). The van der Waals surface area contributed by atoms with Gasteiger partial charge in [0.2, 0.25) is 5.91 Å². The number of carbonyl (C=O) groups is 1. The van der Waals surface area contributed by atoms with Gasteiger partial charge in [0.05, 0.1) is 31.5 Å². The van der Waals surface area contributed by atoms with Gasteiger partial charge in [0.1, 0.15) is 18.0 Å². The number of ether oxygens (including phenoxy) is 2. The molecule has 2 fully saturated rings. The number of halogens is 2. The second-order valence-electron chi connectivity index (χ2n) is 9.61. The summed E-state index contributed by atoms with van der Waals surface area (Å²) in [6.45, 7) is 4.66. The number of hydrogen-bond donors (Lipinski definition) is 1. The van der Waals surface area contributed by atoms with Gasteiger partial charge in [-0.1, -0.05) is 11.6 Å². The van der Waals surface area contributed by atoms with Crippen molar-refractivity contribution in [1.29, 1.82) is 0 Å². The molecular weight excluding hydrogens is 497 g/mol. The van der Waals surface area contributed by atoms with Crippen molar-refractivity contribution >= 4 is 39.9 Å². The Labute approximate surface area is 220 Å². The van der Waals surface area contributed by atoms with Crippen LogP contribution < -0.4 is 14.8 Å². The summed E-state index contributed by atoms with van der Waals surface area (Å²) in [4.78, 5) is 25.5.